The molecule has 2 heterocycles. The fraction of sp³-hybridized carbons (Fsp3) is 0.667. The minimum Gasteiger partial charge on any atom is -0.477 e. The number of anilines is 1. The Morgan fingerprint density at radius 2 is 1.74 bits per heavy atom. The Hall–Kier alpha value is -1.62. The molecule has 128 valence electrons. The van der Waals surface area contributed by atoms with Crippen molar-refractivity contribution in [2.24, 2.45) is 5.41 Å². The molecule has 0 amide bonds. The normalized spacial score (nSPS) is 17.3. The third-order valence-electron chi connectivity index (χ3n) is 4.38. The Morgan fingerprint density at radius 1 is 1.13 bits per heavy atom. The van der Waals surface area contributed by atoms with E-state index in [0.717, 1.165) is 38.4 Å². The van der Waals surface area contributed by atoms with Gasteiger partial charge in [0.05, 0.1) is 0 Å². The van der Waals surface area contributed by atoms with Gasteiger partial charge >= 0.3 is 5.97 Å². The van der Waals surface area contributed by atoms with Crippen LogP contribution in [0.4, 0.5) is 5.82 Å². The molecule has 1 aromatic rings. The molecule has 5 nitrogen and oxygen atoms in total. The van der Waals surface area contributed by atoms with E-state index in [2.05, 4.69) is 49.4 Å². The predicted molar refractivity (Wildman–Crippen MR) is 93.1 cm³/mol. The first kappa shape index (κ1) is 17.7. The fourth-order valence-corrected chi connectivity index (χ4v) is 3.67. The van der Waals surface area contributed by atoms with Crippen LogP contribution in [0.3, 0.4) is 0 Å². The van der Waals surface area contributed by atoms with Crippen LogP contribution < -0.4 is 4.90 Å². The van der Waals surface area contributed by atoms with Crippen molar-refractivity contribution < 1.29 is 9.90 Å². The Kier molecular flexibility index (Phi) is 4.99. The largest absolute Gasteiger partial charge is 0.477 e. The first-order chi connectivity index (χ1) is 10.6. The van der Waals surface area contributed by atoms with Crippen molar-refractivity contribution >= 4 is 11.8 Å². The van der Waals surface area contributed by atoms with Gasteiger partial charge in [-0.3, -0.25) is 4.90 Å². The number of carbonyl (C=O) groups is 1. The highest BCUT2D eigenvalue weighted by molar-refractivity contribution is 5.85. The molecular weight excluding hydrogens is 290 g/mol. The van der Waals surface area contributed by atoms with Crippen LogP contribution in [-0.2, 0) is 0 Å². The van der Waals surface area contributed by atoms with Crippen molar-refractivity contribution in [1.29, 1.82) is 0 Å². The number of hydrogen-bond donors (Lipinski definition) is 1. The second-order valence-electron chi connectivity index (χ2n) is 8.21. The van der Waals surface area contributed by atoms with E-state index in [9.17, 15) is 4.79 Å². The Morgan fingerprint density at radius 3 is 2.26 bits per heavy atom. The lowest BCUT2D eigenvalue weighted by Gasteiger charge is -2.46. The Balaban J connectivity index is 2.01. The molecule has 0 spiro atoms. The van der Waals surface area contributed by atoms with E-state index in [0.29, 0.717) is 5.41 Å². The van der Waals surface area contributed by atoms with Crippen LogP contribution in [0.5, 0.6) is 0 Å². The van der Waals surface area contributed by atoms with Crippen molar-refractivity contribution in [2.75, 3.05) is 31.1 Å². The first-order valence-electron chi connectivity index (χ1n) is 8.29. The first-order valence-corrected chi connectivity index (χ1v) is 8.29. The van der Waals surface area contributed by atoms with Crippen LogP contribution in [0.25, 0.3) is 0 Å². The zero-order chi connectivity index (χ0) is 17.3. The van der Waals surface area contributed by atoms with Gasteiger partial charge in [-0.15, -0.1) is 0 Å². The highest BCUT2D eigenvalue weighted by Crippen LogP contribution is 2.32. The molecule has 0 saturated carbocycles. The van der Waals surface area contributed by atoms with Gasteiger partial charge in [0.2, 0.25) is 0 Å². The van der Waals surface area contributed by atoms with Crippen molar-refractivity contribution in [1.82, 2.24) is 9.88 Å². The molecule has 1 fully saturated rings. The molecule has 0 radical (unpaired) electrons. The maximum atomic E-state index is 11.1. The van der Waals surface area contributed by atoms with Crippen molar-refractivity contribution in [3.05, 3.63) is 23.9 Å². The minimum absolute atomic E-state index is 0.109. The molecule has 0 aliphatic carbocycles. The lowest BCUT2D eigenvalue weighted by atomic mass is 9.80. The van der Waals surface area contributed by atoms with Gasteiger partial charge in [-0.05, 0) is 37.8 Å². The SMILES string of the molecule is CC(C)(C)CC(C)(C)N1CCN(c2cccc(C(=O)O)n2)CC1. The average molecular weight is 319 g/mol. The highest BCUT2D eigenvalue weighted by Gasteiger charge is 2.33. The molecule has 1 aliphatic rings. The van der Waals surface area contributed by atoms with E-state index in [1.807, 2.05) is 6.07 Å². The molecule has 5 heteroatoms. The topological polar surface area (TPSA) is 56.7 Å². The number of carboxylic acid groups (broad SMARTS) is 1. The zero-order valence-electron chi connectivity index (χ0n) is 15.0. The summed E-state index contributed by atoms with van der Waals surface area (Å²) in [7, 11) is 0. The standard InChI is InChI=1S/C18H29N3O2/c1-17(2,3)13-18(4,5)21-11-9-20(10-12-21)15-8-6-7-14(19-15)16(22)23/h6-8H,9-13H2,1-5H3,(H,22,23). The summed E-state index contributed by atoms with van der Waals surface area (Å²) in [6.45, 7) is 15.2. The quantitative estimate of drug-likeness (QED) is 0.924. The van der Waals surface area contributed by atoms with Gasteiger partial charge in [-0.1, -0.05) is 26.8 Å². The van der Waals surface area contributed by atoms with Gasteiger partial charge in [0.15, 0.2) is 5.69 Å². The van der Waals surface area contributed by atoms with E-state index in [-0.39, 0.29) is 11.2 Å². The average Bonchev–Trinajstić information content (AvgIpc) is 2.45. The minimum atomic E-state index is -0.975. The Labute approximate surface area is 139 Å². The van der Waals surface area contributed by atoms with Gasteiger partial charge in [-0.2, -0.15) is 0 Å². The van der Waals surface area contributed by atoms with E-state index < -0.39 is 5.97 Å². The van der Waals surface area contributed by atoms with E-state index in [1.165, 1.54) is 6.07 Å². The van der Waals surface area contributed by atoms with E-state index in [4.69, 9.17) is 5.11 Å². The van der Waals surface area contributed by atoms with Gasteiger partial charge in [0, 0.05) is 31.7 Å². The molecule has 1 aliphatic heterocycles. The van der Waals surface area contributed by atoms with Gasteiger partial charge < -0.3 is 10.0 Å². The third-order valence-corrected chi connectivity index (χ3v) is 4.38. The van der Waals surface area contributed by atoms with E-state index in [1.54, 1.807) is 6.07 Å². The molecule has 1 saturated heterocycles. The summed E-state index contributed by atoms with van der Waals surface area (Å²) >= 11 is 0. The lowest BCUT2D eigenvalue weighted by molar-refractivity contribution is 0.0690. The number of carboxylic acids is 1. The molecule has 23 heavy (non-hydrogen) atoms. The van der Waals surface area contributed by atoms with Crippen LogP contribution >= 0.6 is 0 Å². The van der Waals surface area contributed by atoms with Crippen molar-refractivity contribution in [3.63, 3.8) is 0 Å². The molecule has 0 unspecified atom stereocenters. The van der Waals surface area contributed by atoms with Crippen LogP contribution in [0.15, 0.2) is 18.2 Å². The van der Waals surface area contributed by atoms with E-state index >= 15 is 0 Å². The summed E-state index contributed by atoms with van der Waals surface area (Å²) in [5.41, 5.74) is 0.580. The lowest BCUT2D eigenvalue weighted by Crippen LogP contribution is -2.55. The summed E-state index contributed by atoms with van der Waals surface area (Å²) in [5.74, 6) is -0.213. The third kappa shape index (κ3) is 4.67. The van der Waals surface area contributed by atoms with Crippen LogP contribution in [-0.4, -0.2) is 52.7 Å². The maximum Gasteiger partial charge on any atom is 0.354 e. The molecule has 0 aromatic carbocycles. The maximum absolute atomic E-state index is 11.1. The molecule has 2 rings (SSSR count). The van der Waals surface area contributed by atoms with Crippen LogP contribution in [0, 0.1) is 5.41 Å². The number of nitrogens with zero attached hydrogens (tertiary/aromatic N) is 3. The number of rotatable bonds is 4. The number of aromatic carboxylic acids is 1. The van der Waals surface area contributed by atoms with Crippen LogP contribution in [0.1, 0.15) is 51.5 Å². The second-order valence-corrected chi connectivity index (χ2v) is 8.21. The summed E-state index contributed by atoms with van der Waals surface area (Å²) in [5, 5.41) is 9.08. The van der Waals surface area contributed by atoms with Crippen molar-refractivity contribution in [3.8, 4) is 0 Å². The molecule has 1 N–H and O–H groups in total. The predicted octanol–water partition coefficient (Wildman–Crippen LogP) is 3.12. The summed E-state index contributed by atoms with van der Waals surface area (Å²) in [6, 6.07) is 5.19. The number of piperazine rings is 1. The van der Waals surface area contributed by atoms with Crippen LogP contribution in [0.2, 0.25) is 0 Å². The fourth-order valence-electron chi connectivity index (χ4n) is 3.67. The number of hydrogen-bond acceptors (Lipinski definition) is 4. The van der Waals surface area contributed by atoms with Gasteiger partial charge in [0.25, 0.3) is 0 Å². The second kappa shape index (κ2) is 6.48. The highest BCUT2D eigenvalue weighted by atomic mass is 16.4. The van der Waals surface area contributed by atoms with Gasteiger partial charge in [0.1, 0.15) is 5.82 Å². The monoisotopic (exact) mass is 319 g/mol. The number of pyridine rings is 1. The molecular formula is C18H29N3O2. The number of aromatic nitrogens is 1. The molecule has 1 aromatic heterocycles. The van der Waals surface area contributed by atoms with Crippen molar-refractivity contribution in [2.45, 2.75) is 46.6 Å². The smallest absolute Gasteiger partial charge is 0.354 e. The Bertz CT molecular complexity index is 556. The zero-order valence-corrected chi connectivity index (χ0v) is 15.0. The summed E-state index contributed by atoms with van der Waals surface area (Å²) in [4.78, 5) is 20.0. The molecule has 0 bridgehead atoms. The summed E-state index contributed by atoms with van der Waals surface area (Å²) in [6.07, 6.45) is 1.15. The molecule has 0 atom stereocenters. The summed E-state index contributed by atoms with van der Waals surface area (Å²) < 4.78 is 0. The van der Waals surface area contributed by atoms with Gasteiger partial charge in [-0.25, -0.2) is 9.78 Å².